The molecule has 1 rings (SSSR count). The lowest BCUT2D eigenvalue weighted by Crippen LogP contribution is -2.22. The molecule has 0 aromatic heterocycles. The van der Waals surface area contributed by atoms with Crippen molar-refractivity contribution in [2.24, 2.45) is 0 Å². The van der Waals surface area contributed by atoms with Crippen LogP contribution in [-0.4, -0.2) is 24.8 Å². The first-order valence-corrected chi connectivity index (χ1v) is 8.95. The van der Waals surface area contributed by atoms with Crippen molar-refractivity contribution in [3.63, 3.8) is 0 Å². The zero-order valence-corrected chi connectivity index (χ0v) is 14.1. The Balaban J connectivity index is 2.87. The Labute approximate surface area is 126 Å². The van der Waals surface area contributed by atoms with Gasteiger partial charge in [0.15, 0.2) is 0 Å². The first-order valence-electron chi connectivity index (χ1n) is 6.88. The van der Waals surface area contributed by atoms with Crippen molar-refractivity contribution in [2.45, 2.75) is 33.3 Å². The number of rotatable bonds is 5. The summed E-state index contributed by atoms with van der Waals surface area (Å²) in [4.78, 5) is 11.6. The quantitative estimate of drug-likeness (QED) is 0.473. The van der Waals surface area contributed by atoms with E-state index in [2.05, 4.69) is 0 Å². The second-order valence-electron chi connectivity index (χ2n) is 5.73. The molecule has 0 spiro atoms. The smallest absolute Gasteiger partial charge is 0.331 e. The molecule has 4 nitrogen and oxygen atoms in total. The summed E-state index contributed by atoms with van der Waals surface area (Å²) >= 11 is 0. The predicted molar refractivity (Wildman–Crippen MR) is 86.1 cm³/mol. The van der Waals surface area contributed by atoms with Crippen LogP contribution < -0.4 is 5.30 Å². The van der Waals surface area contributed by atoms with E-state index in [-0.39, 0.29) is 0 Å². The topological polar surface area (TPSA) is 52.6 Å². The molecule has 0 N–H and O–H groups in total. The van der Waals surface area contributed by atoms with E-state index in [4.69, 9.17) is 9.26 Å². The van der Waals surface area contributed by atoms with Crippen LogP contribution in [0.15, 0.2) is 30.3 Å². The summed E-state index contributed by atoms with van der Waals surface area (Å²) in [5, 5.41) is 0.635. The zero-order chi connectivity index (χ0) is 16.1. The van der Waals surface area contributed by atoms with Crippen molar-refractivity contribution in [1.82, 2.24) is 0 Å². The third-order valence-corrected chi connectivity index (χ3v) is 4.50. The molecule has 0 bridgehead atoms. The summed E-state index contributed by atoms with van der Waals surface area (Å²) in [5.41, 5.74) is 0.261. The van der Waals surface area contributed by atoms with Gasteiger partial charge in [-0.25, -0.2) is 4.79 Å². The zero-order valence-electron chi connectivity index (χ0n) is 13.3. The van der Waals surface area contributed by atoms with E-state index >= 15 is 0 Å². The van der Waals surface area contributed by atoms with Crippen LogP contribution in [0.25, 0.3) is 6.08 Å². The number of benzene rings is 1. The van der Waals surface area contributed by atoms with E-state index in [1.54, 1.807) is 30.9 Å². The van der Waals surface area contributed by atoms with E-state index in [9.17, 15) is 9.36 Å². The summed E-state index contributed by atoms with van der Waals surface area (Å²) in [5.74, 6) is -0.405. The molecular formula is C16H23O4P. The van der Waals surface area contributed by atoms with Gasteiger partial charge in [-0.15, -0.1) is 0 Å². The van der Waals surface area contributed by atoms with Gasteiger partial charge in [-0.1, -0.05) is 12.1 Å². The highest BCUT2D eigenvalue weighted by molar-refractivity contribution is 7.66. The molecule has 0 saturated heterocycles. The standard InChI is InChI=1S/C16H23O4P/c1-6-19-21(5,18)14-9-7-8-13(12-14)10-11-15(17)20-16(2,3)4/h7-12H,6H2,1-5H3. The van der Waals surface area contributed by atoms with Gasteiger partial charge in [0.05, 0.1) is 6.61 Å². The fourth-order valence-electron chi connectivity index (χ4n) is 1.70. The van der Waals surface area contributed by atoms with E-state index in [0.717, 1.165) is 5.56 Å². The van der Waals surface area contributed by atoms with Gasteiger partial charge in [0.1, 0.15) is 5.60 Å². The average Bonchev–Trinajstić information content (AvgIpc) is 2.35. The molecule has 1 unspecified atom stereocenters. The second kappa shape index (κ2) is 7.06. The molecule has 0 amide bonds. The highest BCUT2D eigenvalue weighted by Crippen LogP contribution is 2.41. The minimum Gasteiger partial charge on any atom is -0.457 e. The van der Waals surface area contributed by atoms with Gasteiger partial charge < -0.3 is 9.26 Å². The van der Waals surface area contributed by atoms with Crippen molar-refractivity contribution in [2.75, 3.05) is 13.3 Å². The van der Waals surface area contributed by atoms with Crippen molar-refractivity contribution >= 4 is 24.7 Å². The SMILES string of the molecule is CCOP(C)(=O)c1cccc(C=CC(=O)OC(C)(C)C)c1. The second-order valence-corrected chi connectivity index (χ2v) is 8.19. The largest absolute Gasteiger partial charge is 0.457 e. The molecule has 1 atom stereocenters. The van der Waals surface area contributed by atoms with Crippen molar-refractivity contribution in [3.8, 4) is 0 Å². The summed E-state index contributed by atoms with van der Waals surface area (Å²) < 4.78 is 22.8. The molecule has 1 aromatic carbocycles. The van der Waals surface area contributed by atoms with E-state index < -0.39 is 18.9 Å². The molecule has 0 heterocycles. The van der Waals surface area contributed by atoms with Gasteiger partial charge in [-0.05, 0) is 51.5 Å². The Morgan fingerprint density at radius 3 is 2.57 bits per heavy atom. The molecule has 21 heavy (non-hydrogen) atoms. The van der Waals surface area contributed by atoms with Crippen molar-refractivity contribution in [3.05, 3.63) is 35.9 Å². The molecule has 5 heteroatoms. The molecule has 0 fully saturated rings. The van der Waals surface area contributed by atoms with Crippen molar-refractivity contribution < 1.29 is 18.6 Å². The van der Waals surface area contributed by atoms with Crippen LogP contribution in [0.2, 0.25) is 0 Å². The number of esters is 1. The molecule has 0 aliphatic carbocycles. The van der Waals surface area contributed by atoms with Crippen LogP contribution in [0.5, 0.6) is 0 Å². The minimum absolute atomic E-state index is 0.395. The maximum Gasteiger partial charge on any atom is 0.331 e. The Bertz CT molecular complexity index is 570. The Kier molecular flexibility index (Phi) is 5.94. The normalized spacial score (nSPS) is 14.9. The number of ether oxygens (including phenoxy) is 1. The molecule has 0 aliphatic rings. The maximum atomic E-state index is 12.4. The van der Waals surface area contributed by atoms with E-state index in [1.807, 2.05) is 33.8 Å². The molecule has 1 aromatic rings. The van der Waals surface area contributed by atoms with Crippen LogP contribution in [0, 0.1) is 0 Å². The third-order valence-electron chi connectivity index (χ3n) is 2.53. The minimum atomic E-state index is -2.80. The van der Waals surface area contributed by atoms with Gasteiger partial charge in [0, 0.05) is 18.0 Å². The fraction of sp³-hybridized carbons (Fsp3) is 0.438. The Hall–Kier alpha value is -1.38. The molecule has 0 aliphatic heterocycles. The third kappa shape index (κ3) is 6.28. The number of carbonyl (C=O) groups excluding carboxylic acids is 1. The molecule has 116 valence electrons. The molecular weight excluding hydrogens is 287 g/mol. The highest BCUT2D eigenvalue weighted by atomic mass is 31.2. The van der Waals surface area contributed by atoms with Crippen LogP contribution >= 0.6 is 7.37 Å². The predicted octanol–water partition coefficient (Wildman–Crippen LogP) is 3.61. The van der Waals surface area contributed by atoms with E-state index in [1.165, 1.54) is 6.08 Å². The Morgan fingerprint density at radius 2 is 2.00 bits per heavy atom. The lowest BCUT2D eigenvalue weighted by atomic mass is 10.2. The van der Waals surface area contributed by atoms with Crippen LogP contribution in [0.3, 0.4) is 0 Å². The van der Waals surface area contributed by atoms with Crippen molar-refractivity contribution in [1.29, 1.82) is 0 Å². The number of carbonyl (C=O) groups is 1. The van der Waals surface area contributed by atoms with Gasteiger partial charge in [-0.2, -0.15) is 0 Å². The lowest BCUT2D eigenvalue weighted by Gasteiger charge is -2.17. The number of hydrogen-bond donors (Lipinski definition) is 0. The first kappa shape index (κ1) is 17.7. The summed E-state index contributed by atoms with van der Waals surface area (Å²) in [6, 6.07) is 7.15. The molecule has 0 saturated carbocycles. The summed E-state index contributed by atoms with van der Waals surface area (Å²) in [7, 11) is -2.80. The van der Waals surface area contributed by atoms with Crippen LogP contribution in [-0.2, 0) is 18.6 Å². The van der Waals surface area contributed by atoms with Gasteiger partial charge in [0.2, 0.25) is 7.37 Å². The maximum absolute atomic E-state index is 12.4. The average molecular weight is 310 g/mol. The van der Waals surface area contributed by atoms with Gasteiger partial charge in [0.25, 0.3) is 0 Å². The monoisotopic (exact) mass is 310 g/mol. The summed E-state index contributed by atoms with van der Waals surface area (Å²) in [6.07, 6.45) is 3.01. The highest BCUT2D eigenvalue weighted by Gasteiger charge is 2.18. The summed E-state index contributed by atoms with van der Waals surface area (Å²) in [6.45, 7) is 9.24. The van der Waals surface area contributed by atoms with Crippen LogP contribution in [0.1, 0.15) is 33.3 Å². The lowest BCUT2D eigenvalue weighted by molar-refractivity contribution is -0.148. The van der Waals surface area contributed by atoms with E-state index in [0.29, 0.717) is 11.9 Å². The van der Waals surface area contributed by atoms with Gasteiger partial charge >= 0.3 is 5.97 Å². The van der Waals surface area contributed by atoms with Crippen LogP contribution in [0.4, 0.5) is 0 Å². The first-order chi connectivity index (χ1) is 9.64. The fourth-order valence-corrected chi connectivity index (χ4v) is 3.08. The molecule has 0 radical (unpaired) electrons. The van der Waals surface area contributed by atoms with Gasteiger partial charge in [-0.3, -0.25) is 4.57 Å². The number of hydrogen-bond acceptors (Lipinski definition) is 4. The Morgan fingerprint density at radius 1 is 1.33 bits per heavy atom.